The van der Waals surface area contributed by atoms with Gasteiger partial charge >= 0.3 is 0 Å². The van der Waals surface area contributed by atoms with E-state index in [1.165, 1.54) is 11.3 Å². The van der Waals surface area contributed by atoms with Crippen LogP contribution in [0.3, 0.4) is 0 Å². The number of carbonyl (C=O) groups is 1. The van der Waals surface area contributed by atoms with Gasteiger partial charge in [0.05, 0.1) is 34.1 Å². The van der Waals surface area contributed by atoms with Crippen LogP contribution in [0.2, 0.25) is 0 Å². The Morgan fingerprint density at radius 2 is 1.96 bits per heavy atom. The van der Waals surface area contributed by atoms with E-state index in [1.807, 2.05) is 36.9 Å². The molecule has 0 aliphatic carbocycles. The highest BCUT2D eigenvalue weighted by Crippen LogP contribution is 2.31. The van der Waals surface area contributed by atoms with Gasteiger partial charge < -0.3 is 4.74 Å². The lowest BCUT2D eigenvalue weighted by molar-refractivity contribution is 0.0376. The molecule has 3 heterocycles. The molecule has 0 unspecified atom stereocenters. The van der Waals surface area contributed by atoms with Gasteiger partial charge in [0.2, 0.25) is 0 Å². The summed E-state index contributed by atoms with van der Waals surface area (Å²) in [7, 11) is 0. The summed E-state index contributed by atoms with van der Waals surface area (Å²) < 4.78 is 6.52. The molecule has 1 fully saturated rings. The number of nitrogens with zero attached hydrogens (tertiary/aromatic N) is 4. The Hall–Kier alpha value is -1.87. The fraction of sp³-hybridized carbons (Fsp3) is 0.450. The molecule has 0 atom stereocenters. The van der Waals surface area contributed by atoms with Gasteiger partial charge in [-0.1, -0.05) is 23.5 Å². The Morgan fingerprint density at radius 1 is 1.18 bits per heavy atom. The number of rotatable bonds is 6. The van der Waals surface area contributed by atoms with E-state index < -0.39 is 0 Å². The lowest BCUT2D eigenvalue weighted by atomic mass is 10.3. The third-order valence-corrected chi connectivity index (χ3v) is 6.94. The van der Waals surface area contributed by atoms with Crippen LogP contribution >= 0.6 is 22.7 Å². The van der Waals surface area contributed by atoms with E-state index in [0.717, 1.165) is 65.3 Å². The number of carbonyl (C=O) groups excluding carboxylic acids is 1. The van der Waals surface area contributed by atoms with Gasteiger partial charge in [0.25, 0.3) is 5.91 Å². The molecule has 0 bridgehead atoms. The second kappa shape index (κ2) is 8.65. The molecule has 0 radical (unpaired) electrons. The standard InChI is InChI=1S/C20H24N4O2S2/c1-14-18(27-15(2)21-14)19(25)24(9-5-8-23-10-12-26-13-11-23)20-22-16-6-3-4-7-17(16)28-20/h3-4,6-7H,5,8-13H2,1-2H3. The minimum absolute atomic E-state index is 0.00383. The molecule has 8 heteroatoms. The van der Waals surface area contributed by atoms with Crippen LogP contribution in [-0.4, -0.2) is 60.2 Å². The number of amides is 1. The maximum atomic E-state index is 13.4. The maximum absolute atomic E-state index is 13.4. The minimum atomic E-state index is 0.00383. The SMILES string of the molecule is Cc1nc(C)c(C(=O)N(CCCN2CCOCC2)c2nc3ccccc3s2)s1. The average molecular weight is 417 g/mol. The molecule has 148 valence electrons. The predicted octanol–water partition coefficient (Wildman–Crippen LogP) is 3.74. The zero-order valence-corrected chi connectivity index (χ0v) is 17.8. The van der Waals surface area contributed by atoms with Crippen molar-refractivity contribution in [2.75, 3.05) is 44.3 Å². The Bertz CT molecular complexity index is 929. The van der Waals surface area contributed by atoms with Crippen LogP contribution in [0.1, 0.15) is 26.8 Å². The van der Waals surface area contributed by atoms with E-state index in [9.17, 15) is 4.79 Å². The summed E-state index contributed by atoms with van der Waals surface area (Å²) in [6.45, 7) is 8.95. The normalized spacial score (nSPS) is 15.2. The second-order valence-electron chi connectivity index (χ2n) is 6.88. The molecular weight excluding hydrogens is 392 g/mol. The Labute approximate surface area is 172 Å². The lowest BCUT2D eigenvalue weighted by Crippen LogP contribution is -2.39. The molecule has 28 heavy (non-hydrogen) atoms. The third kappa shape index (κ3) is 4.25. The van der Waals surface area contributed by atoms with Crippen molar-refractivity contribution in [3.8, 4) is 0 Å². The topological polar surface area (TPSA) is 58.6 Å². The number of hydrogen-bond acceptors (Lipinski definition) is 7. The summed E-state index contributed by atoms with van der Waals surface area (Å²) in [5.41, 5.74) is 1.73. The molecular formula is C20H24N4O2S2. The van der Waals surface area contributed by atoms with Gasteiger partial charge in [-0.2, -0.15) is 0 Å². The second-order valence-corrected chi connectivity index (χ2v) is 9.09. The molecule has 0 spiro atoms. The van der Waals surface area contributed by atoms with E-state index in [1.54, 1.807) is 11.3 Å². The van der Waals surface area contributed by atoms with Crippen LogP contribution in [0, 0.1) is 13.8 Å². The summed E-state index contributed by atoms with van der Waals surface area (Å²) in [6, 6.07) is 8.03. The van der Waals surface area contributed by atoms with E-state index in [-0.39, 0.29) is 5.91 Å². The molecule has 3 aromatic rings. The van der Waals surface area contributed by atoms with Gasteiger partial charge in [0.15, 0.2) is 5.13 Å². The molecule has 4 rings (SSSR count). The highest BCUT2D eigenvalue weighted by Gasteiger charge is 2.25. The monoisotopic (exact) mass is 416 g/mol. The molecule has 1 aliphatic rings. The number of benzene rings is 1. The van der Waals surface area contributed by atoms with Gasteiger partial charge in [-0.3, -0.25) is 14.6 Å². The molecule has 1 amide bonds. The van der Waals surface area contributed by atoms with E-state index >= 15 is 0 Å². The van der Waals surface area contributed by atoms with Crippen molar-refractivity contribution < 1.29 is 9.53 Å². The van der Waals surface area contributed by atoms with Crippen LogP contribution in [0.4, 0.5) is 5.13 Å². The predicted molar refractivity (Wildman–Crippen MR) is 115 cm³/mol. The Morgan fingerprint density at radius 3 is 2.68 bits per heavy atom. The van der Waals surface area contributed by atoms with Gasteiger partial charge in [-0.05, 0) is 32.4 Å². The number of anilines is 1. The quantitative estimate of drug-likeness (QED) is 0.613. The van der Waals surface area contributed by atoms with E-state index in [2.05, 4.69) is 16.0 Å². The summed E-state index contributed by atoms with van der Waals surface area (Å²) in [4.78, 5) is 27.5. The van der Waals surface area contributed by atoms with Crippen LogP contribution in [0.5, 0.6) is 0 Å². The smallest absolute Gasteiger partial charge is 0.272 e. The zero-order chi connectivity index (χ0) is 19.5. The number of para-hydroxylation sites is 1. The fourth-order valence-electron chi connectivity index (χ4n) is 3.39. The van der Waals surface area contributed by atoms with Crippen LogP contribution < -0.4 is 4.90 Å². The number of hydrogen-bond donors (Lipinski definition) is 0. The highest BCUT2D eigenvalue weighted by molar-refractivity contribution is 7.22. The molecule has 1 saturated heterocycles. The molecule has 0 saturated carbocycles. The van der Waals surface area contributed by atoms with Gasteiger partial charge in [-0.15, -0.1) is 11.3 Å². The average Bonchev–Trinajstić information content (AvgIpc) is 3.28. The first kappa shape index (κ1) is 19.4. The van der Waals surface area contributed by atoms with Crippen molar-refractivity contribution in [3.05, 3.63) is 39.8 Å². The first-order chi connectivity index (χ1) is 13.6. The first-order valence-electron chi connectivity index (χ1n) is 9.53. The van der Waals surface area contributed by atoms with Crippen molar-refractivity contribution in [2.24, 2.45) is 0 Å². The Balaban J connectivity index is 1.56. The maximum Gasteiger partial charge on any atom is 0.272 e. The fourth-order valence-corrected chi connectivity index (χ4v) is 5.25. The summed E-state index contributed by atoms with van der Waals surface area (Å²) in [6.07, 6.45) is 0.901. The lowest BCUT2D eigenvalue weighted by Gasteiger charge is -2.27. The van der Waals surface area contributed by atoms with Crippen LogP contribution in [0.15, 0.2) is 24.3 Å². The number of ether oxygens (including phenoxy) is 1. The third-order valence-electron chi connectivity index (χ3n) is 4.82. The van der Waals surface area contributed by atoms with Crippen molar-refractivity contribution in [1.82, 2.24) is 14.9 Å². The van der Waals surface area contributed by atoms with Crippen molar-refractivity contribution in [1.29, 1.82) is 0 Å². The molecule has 6 nitrogen and oxygen atoms in total. The van der Waals surface area contributed by atoms with Crippen molar-refractivity contribution in [3.63, 3.8) is 0 Å². The highest BCUT2D eigenvalue weighted by atomic mass is 32.1. The summed E-state index contributed by atoms with van der Waals surface area (Å²) in [5, 5.41) is 1.68. The molecule has 1 aromatic carbocycles. The number of thiazole rings is 2. The van der Waals surface area contributed by atoms with Crippen molar-refractivity contribution in [2.45, 2.75) is 20.3 Å². The summed E-state index contributed by atoms with van der Waals surface area (Å²) in [5.74, 6) is 0.00383. The molecule has 2 aromatic heterocycles. The number of aromatic nitrogens is 2. The van der Waals surface area contributed by atoms with E-state index in [0.29, 0.717) is 11.4 Å². The Kier molecular flexibility index (Phi) is 6.01. The molecule has 1 aliphatic heterocycles. The number of aryl methyl sites for hydroxylation is 2. The zero-order valence-electron chi connectivity index (χ0n) is 16.2. The van der Waals surface area contributed by atoms with Gasteiger partial charge in [-0.25, -0.2) is 9.97 Å². The van der Waals surface area contributed by atoms with Crippen LogP contribution in [-0.2, 0) is 4.74 Å². The minimum Gasteiger partial charge on any atom is -0.379 e. The summed E-state index contributed by atoms with van der Waals surface area (Å²) >= 11 is 3.03. The van der Waals surface area contributed by atoms with Gasteiger partial charge in [0.1, 0.15) is 4.88 Å². The number of fused-ring (bicyclic) bond motifs is 1. The van der Waals surface area contributed by atoms with Gasteiger partial charge in [0, 0.05) is 26.2 Å². The largest absolute Gasteiger partial charge is 0.379 e. The number of morpholine rings is 1. The van der Waals surface area contributed by atoms with Crippen LogP contribution in [0.25, 0.3) is 10.2 Å². The molecule has 0 N–H and O–H groups in total. The van der Waals surface area contributed by atoms with Crippen molar-refractivity contribution >= 4 is 43.9 Å². The first-order valence-corrected chi connectivity index (χ1v) is 11.2. The van der Waals surface area contributed by atoms with E-state index in [4.69, 9.17) is 9.72 Å².